The van der Waals surface area contributed by atoms with E-state index in [0.29, 0.717) is 11.3 Å². The topological polar surface area (TPSA) is 103 Å². The number of hydrogen-bond donors (Lipinski definition) is 2. The van der Waals surface area contributed by atoms with Crippen molar-refractivity contribution in [2.75, 3.05) is 5.43 Å². The number of ether oxygens (including phenoxy) is 1. The van der Waals surface area contributed by atoms with Gasteiger partial charge in [0.15, 0.2) is 0 Å². The molecule has 2 aromatic carbocycles. The third kappa shape index (κ3) is 4.62. The van der Waals surface area contributed by atoms with Gasteiger partial charge in [-0.2, -0.15) is 10.4 Å². The van der Waals surface area contributed by atoms with Crippen LogP contribution >= 0.6 is 0 Å². The molecule has 0 bridgehead atoms. The third-order valence-electron chi connectivity index (χ3n) is 3.71. The van der Waals surface area contributed by atoms with Gasteiger partial charge >= 0.3 is 0 Å². The summed E-state index contributed by atoms with van der Waals surface area (Å²) in [6.45, 7) is 3.93. The molecule has 3 aromatic rings. The number of nitrogens with one attached hydrogen (secondary N) is 2. The number of hydrogen-bond acceptors (Lipinski definition) is 6. The van der Waals surface area contributed by atoms with Crippen LogP contribution in [0.15, 0.2) is 64.5 Å². The lowest BCUT2D eigenvalue weighted by Gasteiger charge is -2.09. The molecule has 0 fully saturated rings. The number of aromatic nitrogens is 2. The fourth-order valence-electron chi connectivity index (χ4n) is 2.51. The smallest absolute Gasteiger partial charge is 0.270 e. The standard InChI is InChI=1S/C21H19N5O2/c1-14(2)28-17-10-8-15(9-11-17)13-23-26-21-24-19(16-6-4-3-5-7-16)18(12-22)20(27)25-21/h3-11,13-14H,1-2H3,(H2,24,25,26,27). The lowest BCUT2D eigenvalue weighted by atomic mass is 10.1. The van der Waals surface area contributed by atoms with Gasteiger partial charge in [-0.3, -0.25) is 9.78 Å². The van der Waals surface area contributed by atoms with E-state index in [1.165, 1.54) is 0 Å². The van der Waals surface area contributed by atoms with Crippen LogP contribution in [-0.2, 0) is 0 Å². The highest BCUT2D eigenvalue weighted by Gasteiger charge is 2.12. The average Bonchev–Trinajstić information content (AvgIpc) is 2.69. The van der Waals surface area contributed by atoms with E-state index in [0.717, 1.165) is 11.3 Å². The number of anilines is 1. The van der Waals surface area contributed by atoms with Gasteiger partial charge in [-0.15, -0.1) is 0 Å². The molecule has 140 valence electrons. The maximum Gasteiger partial charge on any atom is 0.270 e. The minimum Gasteiger partial charge on any atom is -0.491 e. The molecule has 1 heterocycles. The number of hydrazone groups is 1. The van der Waals surface area contributed by atoms with Crippen molar-refractivity contribution in [3.05, 3.63) is 76.1 Å². The van der Waals surface area contributed by atoms with E-state index in [1.807, 2.05) is 62.4 Å². The van der Waals surface area contributed by atoms with Crippen LogP contribution in [0.1, 0.15) is 25.0 Å². The summed E-state index contributed by atoms with van der Waals surface area (Å²) in [4.78, 5) is 19.0. The van der Waals surface area contributed by atoms with Crippen molar-refractivity contribution in [1.82, 2.24) is 9.97 Å². The Morgan fingerprint density at radius 2 is 1.89 bits per heavy atom. The Morgan fingerprint density at radius 1 is 1.18 bits per heavy atom. The Balaban J connectivity index is 1.79. The van der Waals surface area contributed by atoms with Gasteiger partial charge in [-0.05, 0) is 43.7 Å². The largest absolute Gasteiger partial charge is 0.491 e. The molecule has 7 heteroatoms. The predicted octanol–water partition coefficient (Wildman–Crippen LogP) is 3.54. The van der Waals surface area contributed by atoms with Crippen LogP contribution in [-0.4, -0.2) is 22.3 Å². The highest BCUT2D eigenvalue weighted by Crippen LogP contribution is 2.19. The van der Waals surface area contributed by atoms with Gasteiger partial charge < -0.3 is 4.74 Å². The molecule has 0 aliphatic rings. The zero-order valence-electron chi connectivity index (χ0n) is 15.5. The summed E-state index contributed by atoms with van der Waals surface area (Å²) in [7, 11) is 0. The molecule has 0 unspecified atom stereocenters. The van der Waals surface area contributed by atoms with Gasteiger partial charge in [0.2, 0.25) is 5.95 Å². The summed E-state index contributed by atoms with van der Waals surface area (Å²) in [6.07, 6.45) is 1.71. The van der Waals surface area contributed by atoms with Crippen LogP contribution in [0.5, 0.6) is 5.75 Å². The van der Waals surface area contributed by atoms with Crippen LogP contribution in [0.2, 0.25) is 0 Å². The molecule has 0 saturated carbocycles. The second-order valence-electron chi connectivity index (χ2n) is 6.22. The molecule has 0 amide bonds. The number of H-pyrrole nitrogens is 1. The minimum atomic E-state index is -0.524. The maximum absolute atomic E-state index is 12.2. The van der Waals surface area contributed by atoms with Crippen LogP contribution < -0.4 is 15.7 Å². The second-order valence-corrected chi connectivity index (χ2v) is 6.22. The molecule has 0 saturated heterocycles. The summed E-state index contributed by atoms with van der Waals surface area (Å²) >= 11 is 0. The zero-order chi connectivity index (χ0) is 19.9. The van der Waals surface area contributed by atoms with Crippen molar-refractivity contribution in [1.29, 1.82) is 5.26 Å². The van der Waals surface area contributed by atoms with Gasteiger partial charge in [-0.1, -0.05) is 30.3 Å². The monoisotopic (exact) mass is 373 g/mol. The third-order valence-corrected chi connectivity index (χ3v) is 3.71. The normalized spacial score (nSPS) is 10.8. The number of rotatable bonds is 6. The summed E-state index contributed by atoms with van der Waals surface area (Å²) in [5, 5.41) is 13.4. The van der Waals surface area contributed by atoms with Gasteiger partial charge in [0.1, 0.15) is 17.4 Å². The van der Waals surface area contributed by atoms with E-state index in [2.05, 4.69) is 20.5 Å². The highest BCUT2D eigenvalue weighted by atomic mass is 16.5. The molecule has 3 rings (SSSR count). The lowest BCUT2D eigenvalue weighted by Crippen LogP contribution is -2.16. The van der Waals surface area contributed by atoms with E-state index < -0.39 is 5.56 Å². The summed E-state index contributed by atoms with van der Waals surface area (Å²) in [5.41, 5.74) is 3.97. The van der Waals surface area contributed by atoms with E-state index in [-0.39, 0.29) is 17.6 Å². The summed E-state index contributed by atoms with van der Waals surface area (Å²) in [6, 6.07) is 18.4. The first kappa shape index (κ1) is 18.9. The molecular formula is C21H19N5O2. The van der Waals surface area contributed by atoms with Gasteiger partial charge in [0.05, 0.1) is 18.0 Å². The van der Waals surface area contributed by atoms with Crippen molar-refractivity contribution in [3.63, 3.8) is 0 Å². The SMILES string of the molecule is CC(C)Oc1ccc(C=NNc2nc(-c3ccccc3)c(C#N)c(=O)[nH]2)cc1. The van der Waals surface area contributed by atoms with Crippen LogP contribution in [0, 0.1) is 11.3 Å². The first-order valence-electron chi connectivity index (χ1n) is 8.72. The Hall–Kier alpha value is -3.92. The molecule has 0 spiro atoms. The Kier molecular flexibility index (Phi) is 5.82. The fraction of sp³-hybridized carbons (Fsp3) is 0.143. The molecule has 7 nitrogen and oxygen atoms in total. The number of nitriles is 1. The number of aromatic amines is 1. The molecule has 0 aliphatic carbocycles. The minimum absolute atomic E-state index is 0.0403. The van der Waals surface area contributed by atoms with E-state index in [1.54, 1.807) is 18.3 Å². The van der Waals surface area contributed by atoms with Crippen molar-refractivity contribution in [2.24, 2.45) is 5.10 Å². The Bertz CT molecular complexity index is 1060. The van der Waals surface area contributed by atoms with Gasteiger partial charge in [0, 0.05) is 5.56 Å². The van der Waals surface area contributed by atoms with Crippen molar-refractivity contribution < 1.29 is 4.74 Å². The number of benzene rings is 2. The summed E-state index contributed by atoms with van der Waals surface area (Å²) < 4.78 is 5.60. The predicted molar refractivity (Wildman–Crippen MR) is 108 cm³/mol. The van der Waals surface area contributed by atoms with Gasteiger partial charge in [0.25, 0.3) is 5.56 Å². The first-order chi connectivity index (χ1) is 13.6. The molecule has 28 heavy (non-hydrogen) atoms. The highest BCUT2D eigenvalue weighted by molar-refractivity contribution is 5.80. The fourth-order valence-corrected chi connectivity index (χ4v) is 2.51. The molecule has 1 aromatic heterocycles. The quantitative estimate of drug-likeness (QED) is 0.508. The van der Waals surface area contributed by atoms with Crippen molar-refractivity contribution in [2.45, 2.75) is 20.0 Å². The van der Waals surface area contributed by atoms with E-state index in [9.17, 15) is 10.1 Å². The Labute approximate surface area is 162 Å². The van der Waals surface area contributed by atoms with Crippen molar-refractivity contribution >= 4 is 12.2 Å². The maximum atomic E-state index is 12.2. The van der Waals surface area contributed by atoms with Crippen molar-refractivity contribution in [3.8, 4) is 23.1 Å². The summed E-state index contributed by atoms with van der Waals surface area (Å²) in [5.74, 6) is 0.935. The average molecular weight is 373 g/mol. The zero-order valence-corrected chi connectivity index (χ0v) is 15.5. The molecule has 0 atom stereocenters. The first-order valence-corrected chi connectivity index (χ1v) is 8.72. The van der Waals surface area contributed by atoms with Gasteiger partial charge in [-0.25, -0.2) is 10.4 Å². The van der Waals surface area contributed by atoms with E-state index in [4.69, 9.17) is 4.74 Å². The second kappa shape index (κ2) is 8.64. The molecule has 2 N–H and O–H groups in total. The van der Waals surface area contributed by atoms with Crippen LogP contribution in [0.25, 0.3) is 11.3 Å². The molecular weight excluding hydrogens is 354 g/mol. The van der Waals surface area contributed by atoms with E-state index >= 15 is 0 Å². The Morgan fingerprint density at radius 3 is 2.54 bits per heavy atom. The number of nitrogens with zero attached hydrogens (tertiary/aromatic N) is 3. The lowest BCUT2D eigenvalue weighted by molar-refractivity contribution is 0.242. The van der Waals surface area contributed by atoms with Crippen LogP contribution in [0.3, 0.4) is 0 Å². The molecule has 0 aliphatic heterocycles. The molecule has 0 radical (unpaired) electrons. The van der Waals surface area contributed by atoms with Crippen LogP contribution in [0.4, 0.5) is 5.95 Å².